The van der Waals surface area contributed by atoms with Crippen LogP contribution in [0, 0.1) is 11.3 Å². The number of rotatable bonds is 4. The van der Waals surface area contributed by atoms with Crippen LogP contribution in [0.2, 0.25) is 0 Å². The van der Waals surface area contributed by atoms with E-state index in [1.54, 1.807) is 0 Å². The third-order valence-corrected chi connectivity index (χ3v) is 9.54. The Kier molecular flexibility index (Phi) is 6.42. The quantitative estimate of drug-likeness (QED) is 0.214. The first-order chi connectivity index (χ1) is 21.7. The molecule has 1 spiro atoms. The molecular formula is C41H31N3. The van der Waals surface area contributed by atoms with Gasteiger partial charge in [-0.3, -0.25) is 0 Å². The Bertz CT molecular complexity index is 2030. The Morgan fingerprint density at radius 2 is 1.18 bits per heavy atom. The Morgan fingerprint density at radius 3 is 1.91 bits per heavy atom. The molecule has 2 aliphatic rings. The van der Waals surface area contributed by atoms with Gasteiger partial charge in [-0.15, -0.1) is 0 Å². The molecule has 1 fully saturated rings. The van der Waals surface area contributed by atoms with Gasteiger partial charge in [-0.2, -0.15) is 5.26 Å². The van der Waals surface area contributed by atoms with Gasteiger partial charge in [0, 0.05) is 22.1 Å². The highest BCUT2D eigenvalue weighted by atomic mass is 14.9. The van der Waals surface area contributed by atoms with Gasteiger partial charge >= 0.3 is 0 Å². The van der Waals surface area contributed by atoms with Crippen molar-refractivity contribution in [3.8, 4) is 62.2 Å². The van der Waals surface area contributed by atoms with Gasteiger partial charge in [-0.1, -0.05) is 128 Å². The van der Waals surface area contributed by atoms with Crippen LogP contribution >= 0.6 is 0 Å². The lowest BCUT2D eigenvalue weighted by atomic mass is 9.67. The first-order valence-corrected chi connectivity index (χ1v) is 15.5. The summed E-state index contributed by atoms with van der Waals surface area (Å²) in [6.45, 7) is 0. The fraction of sp³-hybridized carbons (Fsp3) is 0.146. The Morgan fingerprint density at radius 1 is 0.523 bits per heavy atom. The smallest absolute Gasteiger partial charge is 0.160 e. The Hall–Kier alpha value is -5.33. The molecule has 0 radical (unpaired) electrons. The van der Waals surface area contributed by atoms with Gasteiger partial charge in [0.1, 0.15) is 0 Å². The molecule has 1 heterocycles. The summed E-state index contributed by atoms with van der Waals surface area (Å²) in [6, 6.07) is 46.9. The van der Waals surface area contributed by atoms with Gasteiger partial charge < -0.3 is 0 Å². The van der Waals surface area contributed by atoms with Crippen LogP contribution in [0.25, 0.3) is 56.2 Å². The minimum Gasteiger partial charge on any atom is -0.228 e. The molecule has 5 aromatic carbocycles. The zero-order chi connectivity index (χ0) is 29.5. The molecule has 0 atom stereocenters. The highest BCUT2D eigenvalue weighted by Gasteiger charge is 2.44. The number of hydrogen-bond donors (Lipinski definition) is 0. The summed E-state index contributed by atoms with van der Waals surface area (Å²) in [6.07, 6.45) is 6.00. The van der Waals surface area contributed by atoms with Crippen molar-refractivity contribution in [1.82, 2.24) is 9.97 Å². The predicted molar refractivity (Wildman–Crippen MR) is 178 cm³/mol. The van der Waals surface area contributed by atoms with Crippen LogP contribution in [-0.2, 0) is 5.41 Å². The lowest BCUT2D eigenvalue weighted by molar-refractivity contribution is 0.353. The molecule has 210 valence electrons. The van der Waals surface area contributed by atoms with Crippen molar-refractivity contribution in [2.75, 3.05) is 0 Å². The van der Waals surface area contributed by atoms with Crippen LogP contribution in [0.3, 0.4) is 0 Å². The second kappa shape index (κ2) is 10.7. The van der Waals surface area contributed by atoms with Crippen molar-refractivity contribution < 1.29 is 0 Å². The van der Waals surface area contributed by atoms with Gasteiger partial charge in [-0.25, -0.2) is 9.97 Å². The summed E-state index contributed by atoms with van der Waals surface area (Å²) in [7, 11) is 0. The summed E-state index contributed by atoms with van der Waals surface area (Å²) in [5.74, 6) is 0.708. The van der Waals surface area contributed by atoms with Gasteiger partial charge in [0.25, 0.3) is 0 Å². The van der Waals surface area contributed by atoms with Gasteiger partial charge in [0.15, 0.2) is 5.82 Å². The molecule has 44 heavy (non-hydrogen) atoms. The van der Waals surface area contributed by atoms with Crippen LogP contribution in [0.5, 0.6) is 0 Å². The van der Waals surface area contributed by atoms with Crippen molar-refractivity contribution in [2.45, 2.75) is 37.5 Å². The maximum Gasteiger partial charge on any atom is 0.160 e. The molecule has 3 nitrogen and oxygen atoms in total. The Labute approximate surface area is 258 Å². The maximum atomic E-state index is 9.85. The number of nitriles is 1. The fourth-order valence-corrected chi connectivity index (χ4v) is 7.45. The van der Waals surface area contributed by atoms with Gasteiger partial charge in [0.05, 0.1) is 23.0 Å². The zero-order valence-electron chi connectivity index (χ0n) is 24.5. The van der Waals surface area contributed by atoms with E-state index in [1.807, 2.05) is 30.3 Å². The molecule has 8 rings (SSSR count). The molecular weight excluding hydrogens is 534 g/mol. The molecule has 0 aliphatic heterocycles. The van der Waals surface area contributed by atoms with E-state index >= 15 is 0 Å². The molecule has 1 saturated carbocycles. The van der Waals surface area contributed by atoms with E-state index in [-0.39, 0.29) is 5.41 Å². The van der Waals surface area contributed by atoms with Crippen LogP contribution in [0.15, 0.2) is 127 Å². The van der Waals surface area contributed by atoms with Crippen molar-refractivity contribution >= 4 is 0 Å². The minimum atomic E-state index is -0.00168. The third kappa shape index (κ3) is 4.34. The highest BCUT2D eigenvalue weighted by Crippen LogP contribution is 2.58. The maximum absolute atomic E-state index is 9.85. The Balaban J connectivity index is 1.33. The number of nitrogens with zero attached hydrogens (tertiary/aromatic N) is 3. The lowest BCUT2D eigenvalue weighted by Gasteiger charge is -2.36. The van der Waals surface area contributed by atoms with E-state index in [0.717, 1.165) is 40.9 Å². The molecule has 0 unspecified atom stereocenters. The second-order valence-corrected chi connectivity index (χ2v) is 12.0. The predicted octanol–water partition coefficient (Wildman–Crippen LogP) is 10.2. The fourth-order valence-electron chi connectivity index (χ4n) is 7.45. The number of aromatic nitrogens is 2. The molecule has 0 N–H and O–H groups in total. The molecule has 6 aromatic rings. The van der Waals surface area contributed by atoms with Crippen LogP contribution in [-0.4, -0.2) is 9.97 Å². The second-order valence-electron chi connectivity index (χ2n) is 12.0. The normalized spacial score (nSPS) is 14.5. The highest BCUT2D eigenvalue weighted by molar-refractivity contribution is 5.93. The summed E-state index contributed by atoms with van der Waals surface area (Å²) in [4.78, 5) is 10.3. The average Bonchev–Trinajstić information content (AvgIpc) is 3.37. The summed E-state index contributed by atoms with van der Waals surface area (Å²) in [5, 5.41) is 9.85. The SMILES string of the molecule is N#Cc1ccc2c(c1)-c1c(-c3cc(-c4ccc(-c5ccccc5)cc4)nc(-c4ccccc4)n3)cccc1C21CCCCC1. The molecule has 3 heteroatoms. The minimum absolute atomic E-state index is 0.00168. The van der Waals surface area contributed by atoms with Gasteiger partial charge in [0.2, 0.25) is 0 Å². The van der Waals surface area contributed by atoms with E-state index in [0.29, 0.717) is 11.4 Å². The molecule has 0 saturated heterocycles. The molecule has 2 aliphatic carbocycles. The zero-order valence-corrected chi connectivity index (χ0v) is 24.5. The molecule has 1 aromatic heterocycles. The monoisotopic (exact) mass is 565 g/mol. The molecule has 0 bridgehead atoms. The van der Waals surface area contributed by atoms with Crippen molar-refractivity contribution in [2.24, 2.45) is 0 Å². The van der Waals surface area contributed by atoms with Crippen molar-refractivity contribution in [3.05, 3.63) is 144 Å². The van der Waals surface area contributed by atoms with E-state index in [9.17, 15) is 5.26 Å². The third-order valence-electron chi connectivity index (χ3n) is 9.54. The van der Waals surface area contributed by atoms with Crippen LogP contribution in [0.1, 0.15) is 48.8 Å². The molecule has 0 amide bonds. The average molecular weight is 566 g/mol. The number of benzene rings is 5. The number of fused-ring (bicyclic) bond motifs is 5. The van der Waals surface area contributed by atoms with E-state index < -0.39 is 0 Å². The number of hydrogen-bond acceptors (Lipinski definition) is 3. The first kappa shape index (κ1) is 26.3. The van der Waals surface area contributed by atoms with Crippen LogP contribution < -0.4 is 0 Å². The first-order valence-electron chi connectivity index (χ1n) is 15.5. The summed E-state index contributed by atoms with van der Waals surface area (Å²) in [5.41, 5.74) is 13.2. The summed E-state index contributed by atoms with van der Waals surface area (Å²) >= 11 is 0. The van der Waals surface area contributed by atoms with Crippen molar-refractivity contribution in [1.29, 1.82) is 5.26 Å². The van der Waals surface area contributed by atoms with E-state index in [2.05, 4.69) is 103 Å². The lowest BCUT2D eigenvalue weighted by Crippen LogP contribution is -2.28. The topological polar surface area (TPSA) is 49.6 Å². The van der Waals surface area contributed by atoms with E-state index in [1.165, 1.54) is 52.6 Å². The largest absolute Gasteiger partial charge is 0.228 e. The summed E-state index contributed by atoms with van der Waals surface area (Å²) < 4.78 is 0. The van der Waals surface area contributed by atoms with Gasteiger partial charge in [-0.05, 0) is 64.4 Å². The van der Waals surface area contributed by atoms with Crippen LogP contribution in [0.4, 0.5) is 0 Å². The standard InChI is InChI=1S/C41H31N3/c42-27-28-17-22-35-34(25-28)39-33(15-10-16-36(39)41(35)23-8-3-9-24-41)38-26-37(43-40(44-38)32-13-6-2-7-14-32)31-20-18-30(19-21-31)29-11-4-1-5-12-29/h1-2,4-7,10-22,25-26H,3,8-9,23-24H2. The van der Waals surface area contributed by atoms with E-state index in [4.69, 9.17) is 9.97 Å². The van der Waals surface area contributed by atoms with Crippen molar-refractivity contribution in [3.63, 3.8) is 0 Å².